The van der Waals surface area contributed by atoms with Crippen molar-refractivity contribution in [1.82, 2.24) is 0 Å². The number of aryl methyl sites for hydroxylation is 1. The van der Waals surface area contributed by atoms with E-state index in [2.05, 4.69) is 57.9 Å². The Balaban J connectivity index is 2.27. The lowest BCUT2D eigenvalue weighted by Gasteiger charge is -2.12. The van der Waals surface area contributed by atoms with Crippen LogP contribution in [0.15, 0.2) is 39.5 Å². The second-order valence-electron chi connectivity index (χ2n) is 3.75. The molecule has 0 amide bonds. The maximum atomic E-state index is 6.23. The zero-order chi connectivity index (χ0) is 11.5. The quantitative estimate of drug-likeness (QED) is 0.906. The van der Waals surface area contributed by atoms with Gasteiger partial charge in [-0.05, 0) is 44.4 Å². The van der Waals surface area contributed by atoms with Gasteiger partial charge in [-0.2, -0.15) is 11.3 Å². The summed E-state index contributed by atoms with van der Waals surface area (Å²) in [6.07, 6.45) is 1.07. The lowest BCUT2D eigenvalue weighted by atomic mass is 10.0. The monoisotopic (exact) mass is 295 g/mol. The molecule has 16 heavy (non-hydrogen) atoms. The molecule has 2 aromatic rings. The first-order valence-corrected chi connectivity index (χ1v) is 7.02. The minimum Gasteiger partial charge on any atom is -0.320 e. The van der Waals surface area contributed by atoms with Gasteiger partial charge in [0.15, 0.2) is 0 Å². The second kappa shape index (κ2) is 5.13. The maximum absolute atomic E-state index is 6.23. The van der Waals surface area contributed by atoms with E-state index in [1.807, 2.05) is 0 Å². The van der Waals surface area contributed by atoms with E-state index in [4.69, 9.17) is 5.73 Å². The van der Waals surface area contributed by atoms with Crippen LogP contribution in [0.3, 0.4) is 0 Å². The summed E-state index contributed by atoms with van der Waals surface area (Å²) in [5.74, 6) is 0. The van der Waals surface area contributed by atoms with Gasteiger partial charge in [0.2, 0.25) is 0 Å². The smallest absolute Gasteiger partial charge is 0.0571 e. The molecule has 1 nitrogen and oxygen atoms in total. The number of hydrogen-bond donors (Lipinski definition) is 1. The highest BCUT2D eigenvalue weighted by atomic mass is 79.9. The number of hydrogen-bond acceptors (Lipinski definition) is 2. The van der Waals surface area contributed by atoms with Gasteiger partial charge in [-0.25, -0.2) is 0 Å². The molecule has 0 bridgehead atoms. The highest BCUT2D eigenvalue weighted by Gasteiger charge is 2.12. The fourth-order valence-electron chi connectivity index (χ4n) is 1.65. The summed E-state index contributed by atoms with van der Waals surface area (Å²) >= 11 is 5.19. The van der Waals surface area contributed by atoms with Crippen LogP contribution in [0.4, 0.5) is 0 Å². The van der Waals surface area contributed by atoms with Crippen molar-refractivity contribution in [1.29, 1.82) is 0 Å². The van der Waals surface area contributed by atoms with Gasteiger partial charge < -0.3 is 5.73 Å². The van der Waals surface area contributed by atoms with E-state index in [1.54, 1.807) is 11.3 Å². The van der Waals surface area contributed by atoms with Gasteiger partial charge in [0.05, 0.1) is 6.04 Å². The molecule has 1 aromatic heterocycles. The summed E-state index contributed by atoms with van der Waals surface area (Å²) in [7, 11) is 0. The van der Waals surface area contributed by atoms with Gasteiger partial charge in [0.25, 0.3) is 0 Å². The highest BCUT2D eigenvalue weighted by Crippen LogP contribution is 2.29. The molecule has 2 N–H and O–H groups in total. The zero-order valence-electron chi connectivity index (χ0n) is 9.11. The van der Waals surface area contributed by atoms with Crippen LogP contribution in [-0.4, -0.2) is 0 Å². The Morgan fingerprint density at radius 2 is 1.94 bits per heavy atom. The second-order valence-corrected chi connectivity index (χ2v) is 5.35. The Kier molecular flexibility index (Phi) is 3.79. The van der Waals surface area contributed by atoms with Crippen molar-refractivity contribution in [2.45, 2.75) is 19.4 Å². The molecule has 0 aliphatic heterocycles. The Hall–Kier alpha value is -0.640. The molecule has 2 rings (SSSR count). The average molecular weight is 296 g/mol. The van der Waals surface area contributed by atoms with E-state index in [0.29, 0.717) is 0 Å². The molecule has 3 heteroatoms. The Bertz CT molecular complexity index is 461. The van der Waals surface area contributed by atoms with Crippen molar-refractivity contribution in [2.24, 2.45) is 5.73 Å². The molecule has 0 fully saturated rings. The predicted octanol–water partition coefficient (Wildman–Crippen LogP) is 4.12. The van der Waals surface area contributed by atoms with Gasteiger partial charge in [0, 0.05) is 9.85 Å². The number of benzene rings is 1. The van der Waals surface area contributed by atoms with E-state index in [-0.39, 0.29) is 6.04 Å². The molecule has 0 aliphatic rings. The molecular weight excluding hydrogens is 282 g/mol. The normalized spacial score (nSPS) is 12.7. The van der Waals surface area contributed by atoms with Crippen molar-refractivity contribution in [2.75, 3.05) is 0 Å². The number of thiophene rings is 1. The molecule has 1 heterocycles. The van der Waals surface area contributed by atoms with Gasteiger partial charge in [-0.15, -0.1) is 0 Å². The number of nitrogens with two attached hydrogens (primary N) is 1. The van der Waals surface area contributed by atoms with Crippen LogP contribution >= 0.6 is 27.3 Å². The zero-order valence-corrected chi connectivity index (χ0v) is 11.5. The molecule has 1 unspecified atom stereocenters. The Morgan fingerprint density at radius 1 is 1.25 bits per heavy atom. The minimum atomic E-state index is -0.0356. The van der Waals surface area contributed by atoms with Crippen LogP contribution in [0.25, 0.3) is 0 Å². The topological polar surface area (TPSA) is 26.0 Å². The molecule has 0 radical (unpaired) electrons. The molecule has 0 aliphatic carbocycles. The van der Waals surface area contributed by atoms with E-state index in [1.165, 1.54) is 5.56 Å². The van der Waals surface area contributed by atoms with Crippen molar-refractivity contribution < 1.29 is 0 Å². The van der Waals surface area contributed by atoms with E-state index < -0.39 is 0 Å². The molecule has 1 atom stereocenters. The van der Waals surface area contributed by atoms with E-state index >= 15 is 0 Å². The van der Waals surface area contributed by atoms with Crippen molar-refractivity contribution in [3.05, 3.63) is 56.2 Å². The van der Waals surface area contributed by atoms with Crippen LogP contribution in [0, 0.1) is 0 Å². The summed E-state index contributed by atoms with van der Waals surface area (Å²) in [6.45, 7) is 2.16. The first-order chi connectivity index (χ1) is 7.72. The molecular formula is C13H14BrNS. The highest BCUT2D eigenvalue weighted by molar-refractivity contribution is 9.10. The van der Waals surface area contributed by atoms with E-state index in [0.717, 1.165) is 22.0 Å². The van der Waals surface area contributed by atoms with Crippen LogP contribution in [-0.2, 0) is 6.42 Å². The van der Waals surface area contributed by atoms with Crippen LogP contribution in [0.2, 0.25) is 0 Å². The summed E-state index contributed by atoms with van der Waals surface area (Å²) in [6, 6.07) is 8.50. The first-order valence-electron chi connectivity index (χ1n) is 5.28. The van der Waals surface area contributed by atoms with Gasteiger partial charge in [-0.1, -0.05) is 31.2 Å². The summed E-state index contributed by atoms with van der Waals surface area (Å²) in [5, 5.41) is 4.16. The fraction of sp³-hybridized carbons (Fsp3) is 0.231. The maximum Gasteiger partial charge on any atom is 0.0571 e. The third-order valence-electron chi connectivity index (χ3n) is 2.72. The van der Waals surface area contributed by atoms with Crippen molar-refractivity contribution in [3.8, 4) is 0 Å². The van der Waals surface area contributed by atoms with Crippen molar-refractivity contribution >= 4 is 27.3 Å². The Labute approximate surface area is 108 Å². The largest absolute Gasteiger partial charge is 0.320 e. The first kappa shape index (κ1) is 11.8. The average Bonchev–Trinajstić information content (AvgIpc) is 2.75. The molecule has 0 saturated carbocycles. The molecule has 0 spiro atoms. The van der Waals surface area contributed by atoms with Crippen molar-refractivity contribution in [3.63, 3.8) is 0 Å². The molecule has 1 aromatic carbocycles. The van der Waals surface area contributed by atoms with Crippen LogP contribution in [0.1, 0.15) is 29.7 Å². The van der Waals surface area contributed by atoms with Gasteiger partial charge in [-0.3, -0.25) is 0 Å². The van der Waals surface area contributed by atoms with E-state index in [9.17, 15) is 0 Å². The summed E-state index contributed by atoms with van der Waals surface area (Å²) < 4.78 is 1.10. The van der Waals surface area contributed by atoms with Crippen LogP contribution in [0.5, 0.6) is 0 Å². The molecule has 84 valence electrons. The van der Waals surface area contributed by atoms with Gasteiger partial charge in [0.1, 0.15) is 0 Å². The Morgan fingerprint density at radius 3 is 2.44 bits per heavy atom. The lowest BCUT2D eigenvalue weighted by Crippen LogP contribution is -2.11. The minimum absolute atomic E-state index is 0.0356. The summed E-state index contributed by atoms with van der Waals surface area (Å²) in [4.78, 5) is 0. The number of halogens is 1. The van der Waals surface area contributed by atoms with Gasteiger partial charge >= 0.3 is 0 Å². The fourth-order valence-corrected chi connectivity index (χ4v) is 3.23. The number of rotatable bonds is 3. The standard InChI is InChI=1S/C13H14BrNS/c1-2-9-3-5-10(6-4-9)13(15)11-7-16-8-12(11)14/h3-8,13H,2,15H2,1H3. The third-order valence-corrected chi connectivity index (χ3v) is 4.48. The SMILES string of the molecule is CCc1ccc(C(N)c2cscc2Br)cc1. The third kappa shape index (κ3) is 2.37. The molecule has 0 saturated heterocycles. The van der Waals surface area contributed by atoms with Crippen LogP contribution < -0.4 is 5.73 Å². The lowest BCUT2D eigenvalue weighted by molar-refractivity contribution is 0.870. The summed E-state index contributed by atoms with van der Waals surface area (Å²) in [5.41, 5.74) is 9.90. The predicted molar refractivity (Wildman–Crippen MR) is 73.9 cm³/mol.